The van der Waals surface area contributed by atoms with E-state index in [1.165, 1.54) is 55.2 Å². The summed E-state index contributed by atoms with van der Waals surface area (Å²) in [5.74, 6) is 0. The molecule has 0 saturated heterocycles. The molecule has 1 aliphatic carbocycles. The number of allylic oxidation sites excluding steroid dienone is 1. The molecule has 3 heterocycles. The minimum Gasteiger partial charge on any atom is -0.454 e. The van der Waals surface area contributed by atoms with E-state index in [2.05, 4.69) is 149 Å². The highest BCUT2D eigenvalue weighted by molar-refractivity contribution is 6.13. The first-order chi connectivity index (χ1) is 22.3. The molecule has 0 saturated carbocycles. The van der Waals surface area contributed by atoms with E-state index < -0.39 is 0 Å². The molecule has 0 radical (unpaired) electrons. The van der Waals surface area contributed by atoms with E-state index in [0.717, 1.165) is 46.0 Å². The van der Waals surface area contributed by atoms with Crippen molar-refractivity contribution in [1.82, 2.24) is 9.13 Å². The summed E-state index contributed by atoms with van der Waals surface area (Å²) in [7, 11) is 0. The Kier molecular flexibility index (Phi) is 5.11. The van der Waals surface area contributed by atoms with Gasteiger partial charge in [0.2, 0.25) is 0 Å². The molecule has 0 spiro atoms. The third-order valence-corrected chi connectivity index (χ3v) is 9.57. The van der Waals surface area contributed by atoms with Crippen molar-refractivity contribution in [3.05, 3.63) is 151 Å². The smallest absolute Gasteiger partial charge is 0.159 e. The maximum Gasteiger partial charge on any atom is 0.159 e. The Hall–Kier alpha value is -5.80. The van der Waals surface area contributed by atoms with Gasteiger partial charge in [-0.1, -0.05) is 91.0 Å². The minimum atomic E-state index is 0.901. The van der Waals surface area contributed by atoms with Gasteiger partial charge in [0.1, 0.15) is 5.58 Å². The van der Waals surface area contributed by atoms with Crippen LogP contribution >= 0.6 is 0 Å². The summed E-state index contributed by atoms with van der Waals surface area (Å²) in [6.45, 7) is 0. The fourth-order valence-electron chi connectivity index (χ4n) is 7.61. The number of benzene rings is 6. The molecule has 9 aromatic rings. The van der Waals surface area contributed by atoms with Crippen LogP contribution in [0.5, 0.6) is 0 Å². The van der Waals surface area contributed by atoms with Gasteiger partial charge in [-0.05, 0) is 84.1 Å². The second-order valence-electron chi connectivity index (χ2n) is 12.0. The van der Waals surface area contributed by atoms with Crippen molar-refractivity contribution >= 4 is 60.7 Å². The summed E-state index contributed by atoms with van der Waals surface area (Å²) in [5.41, 5.74) is 12.7. The molecule has 45 heavy (non-hydrogen) atoms. The first kappa shape index (κ1) is 24.6. The highest BCUT2D eigenvalue weighted by Crippen LogP contribution is 2.41. The zero-order valence-corrected chi connectivity index (χ0v) is 24.6. The average Bonchev–Trinajstić information content (AvgIpc) is 3.76. The van der Waals surface area contributed by atoms with E-state index >= 15 is 0 Å². The van der Waals surface area contributed by atoms with E-state index in [-0.39, 0.29) is 0 Å². The van der Waals surface area contributed by atoms with Gasteiger partial charge in [-0.3, -0.25) is 0 Å². The summed E-state index contributed by atoms with van der Waals surface area (Å²) >= 11 is 0. The van der Waals surface area contributed by atoms with Gasteiger partial charge in [0.05, 0.1) is 22.2 Å². The molecular formula is C42H28N2O. The standard InChI is InChI=1S/C42H28N2O/c1-6-19-36-30(14-1)31-15-2-7-20-37(31)43(36)29-13-11-12-27(24-29)28-25-35-34-18-5-10-23-41(34)45-42(35)40(26-28)44-38-21-8-3-16-32(38)33-17-4-9-22-39(33)44/h1,3-14,16-26H,2,15H2. The molecule has 0 amide bonds. The van der Waals surface area contributed by atoms with Crippen molar-refractivity contribution < 1.29 is 4.42 Å². The third kappa shape index (κ3) is 3.52. The SMILES string of the molecule is C1=Cc2c(c3ccccc3n2-c2cccc(-c3cc(-n4c5ccccc5c5ccccc54)c4oc5ccccc5c4c3)c2)CC1. The van der Waals surface area contributed by atoms with Crippen molar-refractivity contribution in [3.63, 3.8) is 0 Å². The normalized spacial score (nSPS) is 13.1. The van der Waals surface area contributed by atoms with Crippen molar-refractivity contribution in [2.75, 3.05) is 0 Å². The van der Waals surface area contributed by atoms with E-state index in [1.807, 2.05) is 6.07 Å². The number of fused-ring (bicyclic) bond motifs is 9. The molecule has 0 bridgehead atoms. The van der Waals surface area contributed by atoms with Gasteiger partial charge < -0.3 is 13.6 Å². The number of hydrogen-bond donors (Lipinski definition) is 0. The lowest BCUT2D eigenvalue weighted by molar-refractivity contribution is 0.666. The lowest BCUT2D eigenvalue weighted by atomic mass is 10.00. The van der Waals surface area contributed by atoms with E-state index in [9.17, 15) is 0 Å². The van der Waals surface area contributed by atoms with Crippen LogP contribution in [0.1, 0.15) is 17.7 Å². The number of furan rings is 1. The van der Waals surface area contributed by atoms with Crippen LogP contribution < -0.4 is 0 Å². The van der Waals surface area contributed by atoms with Gasteiger partial charge in [0.25, 0.3) is 0 Å². The monoisotopic (exact) mass is 576 g/mol. The first-order valence-electron chi connectivity index (χ1n) is 15.7. The van der Waals surface area contributed by atoms with Crippen LogP contribution in [0, 0.1) is 0 Å². The maximum atomic E-state index is 6.66. The van der Waals surface area contributed by atoms with Crippen LogP contribution in [0.15, 0.2) is 144 Å². The lowest BCUT2D eigenvalue weighted by Gasteiger charge is -2.15. The molecule has 0 atom stereocenters. The lowest BCUT2D eigenvalue weighted by Crippen LogP contribution is -2.00. The van der Waals surface area contributed by atoms with Crippen molar-refractivity contribution in [1.29, 1.82) is 0 Å². The number of aryl methyl sites for hydroxylation is 1. The summed E-state index contributed by atoms with van der Waals surface area (Å²) in [4.78, 5) is 0. The Morgan fingerprint density at radius 3 is 1.96 bits per heavy atom. The molecular weight excluding hydrogens is 548 g/mol. The Labute approximate surface area is 259 Å². The molecule has 1 aliphatic rings. The highest BCUT2D eigenvalue weighted by Gasteiger charge is 2.21. The Balaban J connectivity index is 1.27. The zero-order valence-electron chi connectivity index (χ0n) is 24.6. The third-order valence-electron chi connectivity index (χ3n) is 9.57. The molecule has 0 fully saturated rings. The summed E-state index contributed by atoms with van der Waals surface area (Å²) < 4.78 is 11.5. The predicted molar refractivity (Wildman–Crippen MR) is 188 cm³/mol. The quantitative estimate of drug-likeness (QED) is 0.205. The molecule has 6 aromatic carbocycles. The topological polar surface area (TPSA) is 23.0 Å². The van der Waals surface area contributed by atoms with Crippen molar-refractivity contribution in [3.8, 4) is 22.5 Å². The number of aromatic nitrogens is 2. The van der Waals surface area contributed by atoms with Gasteiger partial charge in [-0.2, -0.15) is 0 Å². The van der Waals surface area contributed by atoms with E-state index in [1.54, 1.807) is 0 Å². The predicted octanol–water partition coefficient (Wildman–Crippen LogP) is 11.3. The van der Waals surface area contributed by atoms with E-state index in [0.29, 0.717) is 0 Å². The number of rotatable bonds is 3. The Morgan fingerprint density at radius 1 is 0.511 bits per heavy atom. The fraction of sp³-hybridized carbons (Fsp3) is 0.0476. The van der Waals surface area contributed by atoms with Crippen LogP contribution in [0.25, 0.3) is 83.2 Å². The van der Waals surface area contributed by atoms with Crippen LogP contribution in [0.4, 0.5) is 0 Å². The zero-order chi connectivity index (χ0) is 29.5. The molecule has 0 unspecified atom stereocenters. The van der Waals surface area contributed by atoms with Crippen molar-refractivity contribution in [2.24, 2.45) is 0 Å². The first-order valence-corrected chi connectivity index (χ1v) is 15.7. The number of para-hydroxylation sites is 4. The molecule has 0 N–H and O–H groups in total. The average molecular weight is 577 g/mol. The minimum absolute atomic E-state index is 0.901. The molecule has 3 heteroatoms. The van der Waals surface area contributed by atoms with E-state index in [4.69, 9.17) is 4.42 Å². The Morgan fingerprint density at radius 2 is 1.18 bits per heavy atom. The summed E-state index contributed by atoms with van der Waals surface area (Å²) in [5, 5.41) is 6.08. The highest BCUT2D eigenvalue weighted by atomic mass is 16.3. The Bertz CT molecular complexity index is 2610. The van der Waals surface area contributed by atoms with Gasteiger partial charge in [-0.15, -0.1) is 0 Å². The molecule has 10 rings (SSSR count). The van der Waals surface area contributed by atoms with Gasteiger partial charge in [-0.25, -0.2) is 0 Å². The van der Waals surface area contributed by atoms with Crippen LogP contribution in [0.2, 0.25) is 0 Å². The van der Waals surface area contributed by atoms with Crippen LogP contribution in [0.3, 0.4) is 0 Å². The summed E-state index contributed by atoms with van der Waals surface area (Å²) in [6, 6.07) is 48.2. The fourth-order valence-corrected chi connectivity index (χ4v) is 7.61. The number of hydrogen-bond acceptors (Lipinski definition) is 1. The second kappa shape index (κ2) is 9.35. The molecule has 0 aliphatic heterocycles. The van der Waals surface area contributed by atoms with Crippen molar-refractivity contribution in [2.45, 2.75) is 12.8 Å². The molecule has 3 aromatic heterocycles. The van der Waals surface area contributed by atoms with Gasteiger partial charge >= 0.3 is 0 Å². The second-order valence-corrected chi connectivity index (χ2v) is 12.0. The largest absolute Gasteiger partial charge is 0.454 e. The van der Waals surface area contributed by atoms with Crippen LogP contribution in [-0.4, -0.2) is 9.13 Å². The van der Waals surface area contributed by atoms with Gasteiger partial charge in [0, 0.05) is 38.3 Å². The number of nitrogens with zero attached hydrogens (tertiary/aromatic N) is 2. The van der Waals surface area contributed by atoms with Crippen LogP contribution in [-0.2, 0) is 6.42 Å². The summed E-state index contributed by atoms with van der Waals surface area (Å²) in [6.07, 6.45) is 6.77. The molecule has 212 valence electrons. The maximum absolute atomic E-state index is 6.66. The van der Waals surface area contributed by atoms with Gasteiger partial charge in [0.15, 0.2) is 5.58 Å². The molecule has 3 nitrogen and oxygen atoms in total.